The fourth-order valence-corrected chi connectivity index (χ4v) is 1.95. The largest absolute Gasteiger partial charge is 0.463 e. The van der Waals surface area contributed by atoms with Gasteiger partial charge in [0, 0.05) is 0 Å². The maximum Gasteiger partial charge on any atom is 0.308 e. The molecule has 8 heteroatoms. The molecule has 2 aliphatic heterocycles. The van der Waals surface area contributed by atoms with Crippen LogP contribution in [0.25, 0.3) is 0 Å². The number of carbonyl (C=O) groups is 1. The summed E-state index contributed by atoms with van der Waals surface area (Å²) in [6.45, 7) is -0.473. The molecule has 2 rings (SSSR count). The first-order valence-corrected chi connectivity index (χ1v) is 5.64. The van der Waals surface area contributed by atoms with Gasteiger partial charge in [-0.2, -0.15) is 0 Å². The van der Waals surface area contributed by atoms with Gasteiger partial charge in [-0.25, -0.2) is 0 Å². The Hall–Kier alpha value is -0.770. The number of rotatable bonds is 3. The summed E-state index contributed by atoms with van der Waals surface area (Å²) in [6.07, 6.45) is -7.15. The molecule has 0 aliphatic carbocycles. The molecule has 2 unspecified atom stereocenters. The second-order valence-electron chi connectivity index (χ2n) is 4.34. The first-order chi connectivity index (χ1) is 8.52. The molecule has 4 N–H and O–H groups in total. The van der Waals surface area contributed by atoms with Crippen molar-refractivity contribution < 1.29 is 39.4 Å². The summed E-state index contributed by atoms with van der Waals surface area (Å²) in [5.74, 6) is -0.412. The monoisotopic (exact) mass is 264 g/mol. The molecule has 0 aromatic rings. The Morgan fingerprint density at radius 3 is 2.50 bits per heavy atom. The highest BCUT2D eigenvalue weighted by Crippen LogP contribution is 2.24. The summed E-state index contributed by atoms with van der Waals surface area (Å²) in [5, 5.41) is 37.7. The van der Waals surface area contributed by atoms with Crippen molar-refractivity contribution in [3.05, 3.63) is 0 Å². The second kappa shape index (κ2) is 5.47. The van der Waals surface area contributed by atoms with Crippen LogP contribution >= 0.6 is 0 Å². The fourth-order valence-electron chi connectivity index (χ4n) is 1.95. The highest BCUT2D eigenvalue weighted by Gasteiger charge is 2.45. The van der Waals surface area contributed by atoms with Gasteiger partial charge in [0.25, 0.3) is 0 Å². The molecule has 8 nitrogen and oxygen atoms in total. The van der Waals surface area contributed by atoms with Gasteiger partial charge < -0.3 is 34.6 Å². The molecule has 104 valence electrons. The average Bonchev–Trinajstić information content (AvgIpc) is 2.75. The van der Waals surface area contributed by atoms with E-state index in [-0.39, 0.29) is 13.0 Å². The number of cyclic esters (lactones) is 1. The topological polar surface area (TPSA) is 126 Å². The molecular weight excluding hydrogens is 248 g/mol. The van der Waals surface area contributed by atoms with Crippen molar-refractivity contribution in [3.8, 4) is 0 Å². The van der Waals surface area contributed by atoms with Gasteiger partial charge in [-0.1, -0.05) is 0 Å². The summed E-state index contributed by atoms with van der Waals surface area (Å²) >= 11 is 0. The number of esters is 1. The Morgan fingerprint density at radius 2 is 1.94 bits per heavy atom. The molecule has 0 spiro atoms. The Kier molecular flexibility index (Phi) is 4.15. The molecule has 0 aromatic heterocycles. The lowest BCUT2D eigenvalue weighted by atomic mass is 9.99. The third-order valence-electron chi connectivity index (χ3n) is 3.00. The number of ether oxygens (including phenoxy) is 3. The summed E-state index contributed by atoms with van der Waals surface area (Å²) < 4.78 is 15.1. The molecule has 2 heterocycles. The SMILES string of the molecule is O=C1CC(OC2O[C@H](CO)[C@@H](O)[C@H](O)[C@H]2O)CO1. The first-order valence-electron chi connectivity index (χ1n) is 5.64. The van der Waals surface area contributed by atoms with Crippen LogP contribution in [0.3, 0.4) is 0 Å². The van der Waals surface area contributed by atoms with Crippen molar-refractivity contribution in [1.29, 1.82) is 0 Å². The Balaban J connectivity index is 1.96. The lowest BCUT2D eigenvalue weighted by Crippen LogP contribution is -2.59. The molecule has 0 bridgehead atoms. The van der Waals surface area contributed by atoms with E-state index in [4.69, 9.17) is 14.6 Å². The van der Waals surface area contributed by atoms with Crippen molar-refractivity contribution in [2.75, 3.05) is 13.2 Å². The van der Waals surface area contributed by atoms with Crippen LogP contribution in [0.1, 0.15) is 6.42 Å². The third kappa shape index (κ3) is 2.63. The maximum absolute atomic E-state index is 10.9. The van der Waals surface area contributed by atoms with Crippen LogP contribution < -0.4 is 0 Å². The quantitative estimate of drug-likeness (QED) is 0.400. The molecule has 2 fully saturated rings. The van der Waals surface area contributed by atoms with Gasteiger partial charge in [0.2, 0.25) is 0 Å². The van der Waals surface area contributed by atoms with Gasteiger partial charge in [0.1, 0.15) is 37.1 Å². The highest BCUT2D eigenvalue weighted by atomic mass is 16.7. The van der Waals surface area contributed by atoms with Crippen molar-refractivity contribution in [2.24, 2.45) is 0 Å². The van der Waals surface area contributed by atoms with Gasteiger partial charge in [0.05, 0.1) is 13.0 Å². The zero-order valence-corrected chi connectivity index (χ0v) is 9.51. The van der Waals surface area contributed by atoms with E-state index in [0.29, 0.717) is 0 Å². The predicted octanol–water partition coefficient (Wildman–Crippen LogP) is -2.88. The highest BCUT2D eigenvalue weighted by molar-refractivity contribution is 5.71. The minimum absolute atomic E-state index is 0.0367. The van der Waals surface area contributed by atoms with Crippen LogP contribution in [0, 0.1) is 0 Å². The van der Waals surface area contributed by atoms with Gasteiger partial charge in [0.15, 0.2) is 6.29 Å². The number of aliphatic hydroxyl groups excluding tert-OH is 4. The van der Waals surface area contributed by atoms with E-state index in [2.05, 4.69) is 4.74 Å². The Labute approximate surface area is 103 Å². The summed E-state index contributed by atoms with van der Waals surface area (Å²) in [7, 11) is 0. The van der Waals surface area contributed by atoms with E-state index in [1.807, 2.05) is 0 Å². The summed E-state index contributed by atoms with van der Waals surface area (Å²) in [4.78, 5) is 10.9. The van der Waals surface area contributed by atoms with E-state index in [1.54, 1.807) is 0 Å². The van der Waals surface area contributed by atoms with E-state index in [0.717, 1.165) is 0 Å². The number of aliphatic hydroxyl groups is 4. The summed E-state index contributed by atoms with van der Waals surface area (Å²) in [6, 6.07) is 0. The molecule has 0 amide bonds. The van der Waals surface area contributed by atoms with Crippen molar-refractivity contribution in [3.63, 3.8) is 0 Å². The smallest absolute Gasteiger partial charge is 0.308 e. The summed E-state index contributed by atoms with van der Waals surface area (Å²) in [5.41, 5.74) is 0. The van der Waals surface area contributed by atoms with E-state index < -0.39 is 49.4 Å². The van der Waals surface area contributed by atoms with Gasteiger partial charge in [-0.3, -0.25) is 4.79 Å². The number of hydrogen-bond acceptors (Lipinski definition) is 8. The molecule has 2 saturated heterocycles. The molecule has 18 heavy (non-hydrogen) atoms. The van der Waals surface area contributed by atoms with Crippen LogP contribution in [0.2, 0.25) is 0 Å². The zero-order chi connectivity index (χ0) is 13.3. The maximum atomic E-state index is 10.9. The predicted molar refractivity (Wildman–Crippen MR) is 54.2 cm³/mol. The second-order valence-corrected chi connectivity index (χ2v) is 4.34. The standard InChI is InChI=1S/C10H16O8/c11-2-5-7(13)8(14)9(15)10(18-5)17-4-1-6(12)16-3-4/h4-5,7-11,13-15H,1-3H2/t4?,5-,7-,8+,9-,10?/m1/s1. The van der Waals surface area contributed by atoms with Crippen LogP contribution in [0.15, 0.2) is 0 Å². The van der Waals surface area contributed by atoms with Crippen molar-refractivity contribution >= 4 is 5.97 Å². The van der Waals surface area contributed by atoms with E-state index in [1.165, 1.54) is 0 Å². The molecule has 0 aromatic carbocycles. The van der Waals surface area contributed by atoms with E-state index >= 15 is 0 Å². The third-order valence-corrected chi connectivity index (χ3v) is 3.00. The van der Waals surface area contributed by atoms with Gasteiger partial charge in [-0.15, -0.1) is 0 Å². The fraction of sp³-hybridized carbons (Fsp3) is 0.900. The first kappa shape index (κ1) is 13.7. The molecule has 6 atom stereocenters. The van der Waals surface area contributed by atoms with Crippen LogP contribution in [0.5, 0.6) is 0 Å². The molecular formula is C10H16O8. The minimum atomic E-state index is -1.49. The Bertz CT molecular complexity index is 306. The molecule has 0 radical (unpaired) electrons. The van der Waals surface area contributed by atoms with Crippen LogP contribution in [0.4, 0.5) is 0 Å². The van der Waals surface area contributed by atoms with Gasteiger partial charge in [-0.05, 0) is 0 Å². The van der Waals surface area contributed by atoms with Crippen molar-refractivity contribution in [2.45, 2.75) is 43.2 Å². The van der Waals surface area contributed by atoms with Crippen LogP contribution in [-0.4, -0.2) is 76.4 Å². The number of carbonyl (C=O) groups excluding carboxylic acids is 1. The number of hydrogen-bond donors (Lipinski definition) is 4. The molecule has 2 aliphatic rings. The normalized spacial score (nSPS) is 45.0. The lowest BCUT2D eigenvalue weighted by Gasteiger charge is -2.40. The van der Waals surface area contributed by atoms with Crippen molar-refractivity contribution in [1.82, 2.24) is 0 Å². The van der Waals surface area contributed by atoms with E-state index in [9.17, 15) is 20.1 Å². The minimum Gasteiger partial charge on any atom is -0.463 e. The van der Waals surface area contributed by atoms with Crippen LogP contribution in [-0.2, 0) is 19.0 Å². The zero-order valence-electron chi connectivity index (χ0n) is 9.51. The Morgan fingerprint density at radius 1 is 1.22 bits per heavy atom. The lowest BCUT2D eigenvalue weighted by molar-refractivity contribution is -0.310. The average molecular weight is 264 g/mol. The molecule has 0 saturated carbocycles. The van der Waals surface area contributed by atoms with Gasteiger partial charge >= 0.3 is 5.97 Å².